The van der Waals surface area contributed by atoms with Crippen molar-refractivity contribution < 1.29 is 13.2 Å². The van der Waals surface area contributed by atoms with Gasteiger partial charge in [-0.15, -0.1) is 0 Å². The molecule has 0 saturated carbocycles. The number of nitrogens with zero attached hydrogens (tertiary/aromatic N) is 2. The van der Waals surface area contributed by atoms with Crippen molar-refractivity contribution in [2.75, 3.05) is 45.3 Å². The molecule has 24 heavy (non-hydrogen) atoms. The Morgan fingerprint density at radius 3 is 2.38 bits per heavy atom. The van der Waals surface area contributed by atoms with Crippen molar-refractivity contribution in [3.8, 4) is 0 Å². The second-order valence-electron chi connectivity index (χ2n) is 5.74. The van der Waals surface area contributed by atoms with Gasteiger partial charge >= 0.3 is 0 Å². The first-order chi connectivity index (χ1) is 11.1. The van der Waals surface area contributed by atoms with E-state index in [1.807, 2.05) is 19.0 Å². The van der Waals surface area contributed by atoms with E-state index in [1.54, 1.807) is 12.1 Å². The van der Waals surface area contributed by atoms with Gasteiger partial charge in [-0.1, -0.05) is 23.2 Å². The van der Waals surface area contributed by atoms with Gasteiger partial charge in [0, 0.05) is 24.5 Å². The first kappa shape index (κ1) is 21.2. The van der Waals surface area contributed by atoms with E-state index in [0.29, 0.717) is 28.7 Å². The molecule has 0 atom stereocenters. The zero-order chi connectivity index (χ0) is 18.3. The summed E-state index contributed by atoms with van der Waals surface area (Å²) in [6.07, 6.45) is 1.90. The van der Waals surface area contributed by atoms with Crippen LogP contribution in [0.4, 0.5) is 5.69 Å². The molecule has 1 amide bonds. The lowest BCUT2D eigenvalue weighted by molar-refractivity contribution is -0.116. The van der Waals surface area contributed by atoms with E-state index in [0.717, 1.165) is 12.8 Å². The minimum Gasteiger partial charge on any atom is -0.325 e. The van der Waals surface area contributed by atoms with Crippen LogP contribution in [-0.2, 0) is 14.8 Å². The Morgan fingerprint density at radius 1 is 1.17 bits per heavy atom. The lowest BCUT2D eigenvalue weighted by Gasteiger charge is -2.20. The van der Waals surface area contributed by atoms with Gasteiger partial charge in [0.1, 0.15) is 0 Å². The van der Waals surface area contributed by atoms with Gasteiger partial charge in [0.15, 0.2) is 0 Å². The van der Waals surface area contributed by atoms with Gasteiger partial charge in [-0.25, -0.2) is 12.7 Å². The average Bonchev–Trinajstić information content (AvgIpc) is 2.44. The molecule has 0 aliphatic rings. The number of halogens is 2. The van der Waals surface area contributed by atoms with E-state index in [2.05, 4.69) is 5.32 Å². The monoisotopic (exact) mass is 395 g/mol. The molecular weight excluding hydrogens is 373 g/mol. The van der Waals surface area contributed by atoms with E-state index in [4.69, 9.17) is 23.2 Å². The Kier molecular flexibility index (Phi) is 8.45. The average molecular weight is 396 g/mol. The predicted molar refractivity (Wildman–Crippen MR) is 99.3 cm³/mol. The summed E-state index contributed by atoms with van der Waals surface area (Å²) in [7, 11) is 0.496. The Hall–Kier alpha value is -0.860. The molecule has 1 rings (SSSR count). The second-order valence-corrected chi connectivity index (χ2v) is 8.57. The molecule has 0 heterocycles. The van der Waals surface area contributed by atoms with Gasteiger partial charge in [0.05, 0.1) is 17.0 Å². The lowest BCUT2D eigenvalue weighted by Crippen LogP contribution is -2.35. The van der Waals surface area contributed by atoms with Crippen LogP contribution >= 0.6 is 23.2 Å². The van der Waals surface area contributed by atoms with Gasteiger partial charge in [-0.2, -0.15) is 0 Å². The molecule has 9 heteroatoms. The fraction of sp³-hybridized carbons (Fsp3) is 0.533. The third-order valence-corrected chi connectivity index (χ3v) is 5.13. The molecule has 0 aliphatic heterocycles. The summed E-state index contributed by atoms with van der Waals surface area (Å²) in [4.78, 5) is 14.0. The molecular formula is C15H23Cl2N3O3S. The van der Waals surface area contributed by atoms with Crippen LogP contribution in [0.5, 0.6) is 0 Å². The van der Waals surface area contributed by atoms with Crippen LogP contribution in [0.15, 0.2) is 18.2 Å². The number of carbonyl (C=O) groups excluding carboxylic acids is 1. The molecule has 0 aliphatic carbocycles. The van der Waals surface area contributed by atoms with E-state index >= 15 is 0 Å². The van der Waals surface area contributed by atoms with Crippen LogP contribution in [0.2, 0.25) is 10.0 Å². The Balaban J connectivity index is 2.57. The highest BCUT2D eigenvalue weighted by molar-refractivity contribution is 7.88. The lowest BCUT2D eigenvalue weighted by atomic mass is 10.3. The molecule has 136 valence electrons. The summed E-state index contributed by atoms with van der Waals surface area (Å²) < 4.78 is 24.9. The number of amides is 1. The molecule has 0 radical (unpaired) electrons. The van der Waals surface area contributed by atoms with E-state index < -0.39 is 10.0 Å². The fourth-order valence-corrected chi connectivity index (χ4v) is 3.38. The van der Waals surface area contributed by atoms with Crippen LogP contribution in [-0.4, -0.2) is 63.5 Å². The summed E-state index contributed by atoms with van der Waals surface area (Å²) in [5, 5.41) is 3.47. The molecule has 1 aromatic carbocycles. The molecule has 0 spiro atoms. The minimum atomic E-state index is -3.35. The molecule has 1 aromatic rings. The third-order valence-electron chi connectivity index (χ3n) is 3.28. The van der Waals surface area contributed by atoms with Gasteiger partial charge < -0.3 is 10.2 Å². The number of sulfonamides is 1. The van der Waals surface area contributed by atoms with Crippen molar-refractivity contribution in [3.63, 3.8) is 0 Å². The van der Waals surface area contributed by atoms with Crippen molar-refractivity contribution >= 4 is 44.8 Å². The molecule has 0 fully saturated rings. The number of rotatable bonds is 9. The third kappa shape index (κ3) is 7.81. The van der Waals surface area contributed by atoms with E-state index in [-0.39, 0.29) is 18.9 Å². The Morgan fingerprint density at radius 2 is 1.83 bits per heavy atom. The number of carbonyl (C=O) groups is 1. The van der Waals surface area contributed by atoms with Gasteiger partial charge in [-0.05, 0) is 45.3 Å². The first-order valence-electron chi connectivity index (χ1n) is 7.44. The Bertz CT molecular complexity index is 666. The highest BCUT2D eigenvalue weighted by Gasteiger charge is 2.18. The predicted octanol–water partition coefficient (Wildman–Crippen LogP) is 2.54. The highest BCUT2D eigenvalue weighted by atomic mass is 35.5. The maximum Gasteiger partial charge on any atom is 0.225 e. The summed E-state index contributed by atoms with van der Waals surface area (Å²) >= 11 is 11.8. The number of anilines is 1. The SMILES string of the molecule is CN(C)CCCN(CCC(=O)Nc1ccc(Cl)cc1Cl)S(C)(=O)=O. The molecule has 0 bridgehead atoms. The normalized spacial score (nSPS) is 12.0. The van der Waals surface area contributed by atoms with Crippen molar-refractivity contribution in [1.29, 1.82) is 0 Å². The van der Waals surface area contributed by atoms with Crippen LogP contribution < -0.4 is 5.32 Å². The number of nitrogens with one attached hydrogen (secondary N) is 1. The van der Waals surface area contributed by atoms with Crippen LogP contribution in [0.1, 0.15) is 12.8 Å². The maximum atomic E-state index is 12.0. The largest absolute Gasteiger partial charge is 0.325 e. The number of hydrogen-bond donors (Lipinski definition) is 1. The first-order valence-corrected chi connectivity index (χ1v) is 10.0. The summed E-state index contributed by atoms with van der Waals surface area (Å²) in [5.41, 5.74) is 0.449. The van der Waals surface area contributed by atoms with Crippen molar-refractivity contribution in [2.45, 2.75) is 12.8 Å². The molecule has 1 N–H and O–H groups in total. The highest BCUT2D eigenvalue weighted by Crippen LogP contribution is 2.25. The fourth-order valence-electron chi connectivity index (χ4n) is 2.04. The van der Waals surface area contributed by atoms with Crippen LogP contribution in [0, 0.1) is 0 Å². The van der Waals surface area contributed by atoms with Crippen molar-refractivity contribution in [2.24, 2.45) is 0 Å². The van der Waals surface area contributed by atoms with Crippen LogP contribution in [0.25, 0.3) is 0 Å². The quantitative estimate of drug-likeness (QED) is 0.697. The topological polar surface area (TPSA) is 69.7 Å². The van der Waals surface area contributed by atoms with E-state index in [9.17, 15) is 13.2 Å². The number of hydrogen-bond acceptors (Lipinski definition) is 4. The Labute approximate surface area is 153 Å². The van der Waals surface area contributed by atoms with Crippen molar-refractivity contribution in [3.05, 3.63) is 28.2 Å². The maximum absolute atomic E-state index is 12.0. The van der Waals surface area contributed by atoms with Gasteiger partial charge in [-0.3, -0.25) is 4.79 Å². The molecule has 6 nitrogen and oxygen atoms in total. The standard InChI is InChI=1S/C15H23Cl2N3O3S/c1-19(2)8-4-9-20(24(3,22)23)10-7-15(21)18-14-6-5-12(16)11-13(14)17/h5-6,11H,4,7-10H2,1-3H3,(H,18,21). The van der Waals surface area contributed by atoms with Gasteiger partial charge in [0.25, 0.3) is 0 Å². The summed E-state index contributed by atoms with van der Waals surface area (Å²) in [5.74, 6) is -0.305. The second kappa shape index (κ2) is 9.58. The zero-order valence-corrected chi connectivity index (χ0v) is 16.4. The van der Waals surface area contributed by atoms with Crippen molar-refractivity contribution in [1.82, 2.24) is 9.21 Å². The zero-order valence-electron chi connectivity index (χ0n) is 14.1. The number of benzene rings is 1. The van der Waals surface area contributed by atoms with E-state index in [1.165, 1.54) is 10.4 Å². The van der Waals surface area contributed by atoms with Crippen LogP contribution in [0.3, 0.4) is 0 Å². The summed E-state index contributed by atoms with van der Waals surface area (Å²) in [6, 6.07) is 4.75. The molecule has 0 aromatic heterocycles. The molecule has 0 unspecified atom stereocenters. The minimum absolute atomic E-state index is 0.0496. The smallest absolute Gasteiger partial charge is 0.225 e. The summed E-state index contributed by atoms with van der Waals surface area (Å²) in [6.45, 7) is 1.29. The molecule has 0 saturated heterocycles. The van der Waals surface area contributed by atoms with Gasteiger partial charge in [0.2, 0.25) is 15.9 Å².